The van der Waals surface area contributed by atoms with Gasteiger partial charge in [0.25, 0.3) is 0 Å². The number of tetrazole rings is 1. The second-order valence-corrected chi connectivity index (χ2v) is 7.29. The predicted octanol–water partition coefficient (Wildman–Crippen LogP) is 2.49. The average Bonchev–Trinajstić information content (AvgIpc) is 3.04. The van der Waals surface area contributed by atoms with Gasteiger partial charge < -0.3 is 0 Å². The summed E-state index contributed by atoms with van der Waals surface area (Å²) in [4.78, 5) is -0.221. The Morgan fingerprint density at radius 2 is 1.92 bits per heavy atom. The van der Waals surface area contributed by atoms with E-state index in [-0.39, 0.29) is 9.92 Å². The summed E-state index contributed by atoms with van der Waals surface area (Å²) in [6.07, 6.45) is 0. The molecule has 3 aromatic rings. The van der Waals surface area contributed by atoms with Gasteiger partial charge in [-0.25, -0.2) is 17.5 Å². The average molecular weight is 382 g/mol. The van der Waals surface area contributed by atoms with Gasteiger partial charge in [-0.1, -0.05) is 29.8 Å². The zero-order valence-electron chi connectivity index (χ0n) is 13.0. The van der Waals surface area contributed by atoms with Gasteiger partial charge in [-0.3, -0.25) is 0 Å². The summed E-state index contributed by atoms with van der Waals surface area (Å²) < 4.78 is 42.1. The molecule has 1 unspecified atom stereocenters. The van der Waals surface area contributed by atoms with Crippen molar-refractivity contribution in [2.75, 3.05) is 0 Å². The van der Waals surface area contributed by atoms with Gasteiger partial charge in [0.05, 0.1) is 16.8 Å². The lowest BCUT2D eigenvalue weighted by Gasteiger charge is -2.14. The lowest BCUT2D eigenvalue weighted by molar-refractivity contribution is 0.554. The molecule has 10 heteroatoms. The first kappa shape index (κ1) is 17.5. The summed E-state index contributed by atoms with van der Waals surface area (Å²) in [6, 6.07) is 11.4. The van der Waals surface area contributed by atoms with Gasteiger partial charge in [-0.15, -0.1) is 5.10 Å². The Kier molecular flexibility index (Phi) is 4.80. The summed E-state index contributed by atoms with van der Waals surface area (Å²) in [7, 11) is -3.99. The Hall–Kier alpha value is -2.36. The minimum atomic E-state index is -3.99. The Morgan fingerprint density at radius 3 is 2.60 bits per heavy atom. The highest BCUT2D eigenvalue weighted by Crippen LogP contribution is 2.24. The molecule has 0 spiro atoms. The number of sulfonamides is 1. The van der Waals surface area contributed by atoms with Gasteiger partial charge in [0.1, 0.15) is 10.7 Å². The van der Waals surface area contributed by atoms with Crippen molar-refractivity contribution in [2.45, 2.75) is 17.9 Å². The molecule has 0 radical (unpaired) electrons. The van der Waals surface area contributed by atoms with Crippen LogP contribution >= 0.6 is 11.6 Å². The minimum Gasteiger partial charge on any atom is -0.207 e. The third-order valence-corrected chi connectivity index (χ3v) is 5.42. The molecule has 0 aliphatic carbocycles. The van der Waals surface area contributed by atoms with Gasteiger partial charge in [-0.05, 0) is 47.7 Å². The molecule has 130 valence electrons. The van der Waals surface area contributed by atoms with Crippen LogP contribution in [0.4, 0.5) is 4.39 Å². The molecule has 25 heavy (non-hydrogen) atoms. The Morgan fingerprint density at radius 1 is 1.20 bits per heavy atom. The van der Waals surface area contributed by atoms with Crippen molar-refractivity contribution in [1.82, 2.24) is 24.9 Å². The van der Waals surface area contributed by atoms with Crippen LogP contribution in [-0.2, 0) is 10.0 Å². The molecule has 0 amide bonds. The lowest BCUT2D eigenvalue weighted by atomic mass is 10.3. The molecule has 0 aliphatic rings. The minimum absolute atomic E-state index is 0.206. The Labute approximate surface area is 148 Å². The zero-order valence-corrected chi connectivity index (χ0v) is 14.5. The second kappa shape index (κ2) is 6.87. The molecule has 0 bridgehead atoms. The van der Waals surface area contributed by atoms with Crippen molar-refractivity contribution >= 4 is 21.6 Å². The number of benzene rings is 2. The van der Waals surface area contributed by atoms with E-state index in [0.29, 0.717) is 11.5 Å². The maximum atomic E-state index is 13.1. The third kappa shape index (κ3) is 3.68. The standard InChI is InChI=1S/C15H13ClFN5O2S/c1-10(15-18-20-21-22(15)12-5-3-2-4-6-12)19-25(23,24)14-8-7-11(17)9-13(14)16/h2-10,19H,1H3. The smallest absolute Gasteiger partial charge is 0.207 e. The highest BCUT2D eigenvalue weighted by atomic mass is 35.5. The number of para-hydroxylation sites is 1. The van der Waals surface area contributed by atoms with Crippen molar-refractivity contribution in [1.29, 1.82) is 0 Å². The fourth-order valence-electron chi connectivity index (χ4n) is 2.26. The molecule has 0 aliphatic heterocycles. The lowest BCUT2D eigenvalue weighted by Crippen LogP contribution is -2.29. The van der Waals surface area contributed by atoms with Crippen LogP contribution < -0.4 is 4.72 Å². The van der Waals surface area contributed by atoms with E-state index in [4.69, 9.17) is 11.6 Å². The Balaban J connectivity index is 1.90. The maximum absolute atomic E-state index is 13.1. The zero-order chi connectivity index (χ0) is 18.0. The van der Waals surface area contributed by atoms with E-state index in [1.165, 1.54) is 4.68 Å². The van der Waals surface area contributed by atoms with E-state index in [1.54, 1.807) is 19.1 Å². The number of nitrogens with zero attached hydrogens (tertiary/aromatic N) is 4. The number of nitrogens with one attached hydrogen (secondary N) is 1. The molecule has 2 aromatic carbocycles. The van der Waals surface area contributed by atoms with Crippen LogP contribution in [0.2, 0.25) is 5.02 Å². The van der Waals surface area contributed by atoms with E-state index in [9.17, 15) is 12.8 Å². The van der Waals surface area contributed by atoms with Crippen LogP contribution in [0, 0.1) is 5.82 Å². The summed E-state index contributed by atoms with van der Waals surface area (Å²) in [5.41, 5.74) is 0.688. The second-order valence-electron chi connectivity index (χ2n) is 5.20. The summed E-state index contributed by atoms with van der Waals surface area (Å²) in [5.74, 6) is -0.321. The largest absolute Gasteiger partial charge is 0.242 e. The number of hydrogen-bond acceptors (Lipinski definition) is 5. The van der Waals surface area contributed by atoms with Crippen LogP contribution in [0.1, 0.15) is 18.8 Å². The van der Waals surface area contributed by atoms with E-state index >= 15 is 0 Å². The summed E-state index contributed by atoms with van der Waals surface area (Å²) in [5, 5.41) is 11.2. The van der Waals surface area contributed by atoms with Crippen LogP contribution in [-0.4, -0.2) is 28.6 Å². The molecule has 1 aromatic heterocycles. The first-order valence-corrected chi connectivity index (χ1v) is 9.05. The molecule has 1 N–H and O–H groups in total. The maximum Gasteiger partial charge on any atom is 0.242 e. The fraction of sp³-hybridized carbons (Fsp3) is 0.133. The van der Waals surface area contributed by atoms with Crippen molar-refractivity contribution in [2.24, 2.45) is 0 Å². The molecule has 7 nitrogen and oxygen atoms in total. The van der Waals surface area contributed by atoms with E-state index in [1.807, 2.05) is 18.2 Å². The molecule has 3 rings (SSSR count). The molecule has 0 fully saturated rings. The fourth-order valence-corrected chi connectivity index (χ4v) is 3.99. The van der Waals surface area contributed by atoms with Gasteiger partial charge >= 0.3 is 0 Å². The van der Waals surface area contributed by atoms with Gasteiger partial charge in [0, 0.05) is 0 Å². The number of halogens is 2. The number of hydrogen-bond donors (Lipinski definition) is 1. The van der Waals surface area contributed by atoms with Gasteiger partial charge in [0.2, 0.25) is 10.0 Å². The normalized spacial score (nSPS) is 12.9. The molecule has 1 atom stereocenters. The first-order chi connectivity index (χ1) is 11.9. The van der Waals surface area contributed by atoms with Crippen molar-refractivity contribution < 1.29 is 12.8 Å². The highest BCUT2D eigenvalue weighted by Gasteiger charge is 2.25. The Bertz CT molecular complexity index is 994. The van der Waals surface area contributed by atoms with Crippen LogP contribution in [0.25, 0.3) is 5.69 Å². The van der Waals surface area contributed by atoms with Crippen LogP contribution in [0.15, 0.2) is 53.4 Å². The topological polar surface area (TPSA) is 89.8 Å². The van der Waals surface area contributed by atoms with Gasteiger partial charge in [0.15, 0.2) is 5.82 Å². The molecular weight excluding hydrogens is 369 g/mol. The van der Waals surface area contributed by atoms with E-state index < -0.39 is 21.9 Å². The van der Waals surface area contributed by atoms with Crippen LogP contribution in [0.5, 0.6) is 0 Å². The van der Waals surface area contributed by atoms with Crippen LogP contribution in [0.3, 0.4) is 0 Å². The van der Waals surface area contributed by atoms with Crippen molar-refractivity contribution in [3.8, 4) is 5.69 Å². The SMILES string of the molecule is CC(NS(=O)(=O)c1ccc(F)cc1Cl)c1nnnn1-c1ccccc1. The molecule has 0 saturated carbocycles. The number of rotatable bonds is 5. The van der Waals surface area contributed by atoms with Crippen molar-refractivity contribution in [3.63, 3.8) is 0 Å². The van der Waals surface area contributed by atoms with E-state index in [0.717, 1.165) is 18.2 Å². The predicted molar refractivity (Wildman–Crippen MR) is 89.3 cm³/mol. The summed E-state index contributed by atoms with van der Waals surface area (Å²) >= 11 is 5.84. The molecular formula is C15H13ClFN5O2S. The highest BCUT2D eigenvalue weighted by molar-refractivity contribution is 7.89. The van der Waals surface area contributed by atoms with Crippen molar-refractivity contribution in [3.05, 3.63) is 65.2 Å². The quantitative estimate of drug-likeness (QED) is 0.733. The van der Waals surface area contributed by atoms with Gasteiger partial charge in [-0.2, -0.15) is 4.68 Å². The third-order valence-electron chi connectivity index (χ3n) is 3.40. The van der Waals surface area contributed by atoms with E-state index in [2.05, 4.69) is 20.2 Å². The molecule has 1 heterocycles. The summed E-state index contributed by atoms with van der Waals surface area (Å²) in [6.45, 7) is 1.60. The first-order valence-electron chi connectivity index (χ1n) is 7.19. The molecule has 0 saturated heterocycles. The monoisotopic (exact) mass is 381 g/mol. The number of aromatic nitrogens is 4.